The minimum absolute atomic E-state index is 0.000971. The van der Waals surface area contributed by atoms with E-state index in [1.54, 1.807) is 25.5 Å². The second kappa shape index (κ2) is 9.62. The molecule has 1 aliphatic heterocycles. The molecule has 2 heterocycles. The van der Waals surface area contributed by atoms with Crippen LogP contribution in [0.25, 0.3) is 0 Å². The van der Waals surface area contributed by atoms with Gasteiger partial charge < -0.3 is 14.1 Å². The number of carbonyl (C=O) groups is 1. The summed E-state index contributed by atoms with van der Waals surface area (Å²) in [5, 5.41) is 0. The Morgan fingerprint density at radius 3 is 2.52 bits per heavy atom. The fourth-order valence-electron chi connectivity index (χ4n) is 3.75. The Hall–Kier alpha value is -3.38. The first-order chi connectivity index (χ1) is 15.1. The Kier molecular flexibility index (Phi) is 6.48. The summed E-state index contributed by atoms with van der Waals surface area (Å²) in [5.74, 6) is 1.29. The first kappa shape index (κ1) is 20.9. The highest BCUT2D eigenvalue weighted by atomic mass is 19.1. The zero-order valence-corrected chi connectivity index (χ0v) is 17.4. The van der Waals surface area contributed by atoms with Crippen LogP contribution >= 0.6 is 0 Å². The van der Waals surface area contributed by atoms with Crippen LogP contribution in [0.3, 0.4) is 0 Å². The minimum atomic E-state index is -0.293. The van der Waals surface area contributed by atoms with Crippen molar-refractivity contribution in [2.45, 2.75) is 19.1 Å². The third-order valence-electron chi connectivity index (χ3n) is 5.38. The quantitative estimate of drug-likeness (QED) is 0.548. The molecule has 1 unspecified atom stereocenters. The Morgan fingerprint density at radius 1 is 1.06 bits per heavy atom. The highest BCUT2D eigenvalue weighted by Crippen LogP contribution is 2.28. The molecular formula is C25H25FN2O3. The molecule has 1 amide bonds. The van der Waals surface area contributed by atoms with Crippen LogP contribution in [-0.2, 0) is 17.9 Å². The van der Waals surface area contributed by atoms with Crippen LogP contribution in [0.15, 0.2) is 83.5 Å². The van der Waals surface area contributed by atoms with Crippen molar-refractivity contribution in [2.24, 2.45) is 0 Å². The molecule has 1 aliphatic rings. The molecule has 0 spiro atoms. The summed E-state index contributed by atoms with van der Waals surface area (Å²) in [6.07, 6.45) is 5.77. The molecular weight excluding hydrogens is 395 g/mol. The summed E-state index contributed by atoms with van der Waals surface area (Å²) in [5.41, 5.74) is 1.87. The lowest BCUT2D eigenvalue weighted by Crippen LogP contribution is -2.42. The molecule has 1 atom stereocenters. The number of rotatable bonds is 6. The number of nitrogens with zero attached hydrogens (tertiary/aromatic N) is 2. The lowest BCUT2D eigenvalue weighted by molar-refractivity contribution is -0.135. The number of hydrogen-bond acceptors (Lipinski definition) is 4. The molecule has 6 heteroatoms. The van der Waals surface area contributed by atoms with Gasteiger partial charge in [-0.1, -0.05) is 36.4 Å². The Morgan fingerprint density at radius 2 is 1.84 bits per heavy atom. The van der Waals surface area contributed by atoms with Crippen LogP contribution in [0.1, 0.15) is 22.9 Å². The van der Waals surface area contributed by atoms with E-state index in [1.807, 2.05) is 46.2 Å². The topological polar surface area (TPSA) is 45.9 Å². The number of amides is 1. The van der Waals surface area contributed by atoms with Crippen LogP contribution in [0, 0.1) is 5.82 Å². The molecule has 2 aromatic carbocycles. The molecule has 0 bridgehead atoms. The van der Waals surface area contributed by atoms with E-state index in [2.05, 4.69) is 12.2 Å². The molecule has 0 aliphatic carbocycles. The van der Waals surface area contributed by atoms with E-state index in [0.717, 1.165) is 22.6 Å². The highest BCUT2D eigenvalue weighted by Gasteiger charge is 2.27. The van der Waals surface area contributed by atoms with Crippen molar-refractivity contribution in [3.63, 3.8) is 0 Å². The number of ether oxygens (including phenoxy) is 1. The van der Waals surface area contributed by atoms with E-state index in [4.69, 9.17) is 9.15 Å². The molecule has 4 rings (SSSR count). The molecule has 0 saturated heterocycles. The standard InChI is InChI=1S/C25H25FN2O3/c1-30-22-12-8-20(9-13-22)24-5-2-14-27(17-23-4-3-15-31-23)18-25(29)28(24)16-19-6-10-21(26)11-7-19/h2-13,15,24H,14,16-18H2,1H3/b5-2-. The van der Waals surface area contributed by atoms with Crippen molar-refractivity contribution in [3.05, 3.63) is 102 Å². The second-order valence-electron chi connectivity index (χ2n) is 7.54. The van der Waals surface area contributed by atoms with Crippen molar-refractivity contribution >= 4 is 5.91 Å². The van der Waals surface area contributed by atoms with Gasteiger partial charge in [-0.05, 0) is 47.5 Å². The average Bonchev–Trinajstić information content (AvgIpc) is 3.29. The summed E-state index contributed by atoms with van der Waals surface area (Å²) in [6.45, 7) is 1.85. The summed E-state index contributed by atoms with van der Waals surface area (Å²) < 4.78 is 24.1. The number of furan rings is 1. The number of hydrogen-bond donors (Lipinski definition) is 0. The van der Waals surface area contributed by atoms with Crippen molar-refractivity contribution in [3.8, 4) is 5.75 Å². The van der Waals surface area contributed by atoms with Crippen molar-refractivity contribution in [1.29, 1.82) is 0 Å². The van der Waals surface area contributed by atoms with E-state index in [0.29, 0.717) is 19.6 Å². The molecule has 160 valence electrons. The predicted molar refractivity (Wildman–Crippen MR) is 116 cm³/mol. The van der Waals surface area contributed by atoms with Crippen LogP contribution < -0.4 is 4.74 Å². The van der Waals surface area contributed by atoms with Gasteiger partial charge in [-0.15, -0.1) is 0 Å². The zero-order chi connectivity index (χ0) is 21.6. The highest BCUT2D eigenvalue weighted by molar-refractivity contribution is 5.79. The van der Waals surface area contributed by atoms with Gasteiger partial charge >= 0.3 is 0 Å². The molecule has 1 aromatic heterocycles. The van der Waals surface area contributed by atoms with Gasteiger partial charge in [-0.25, -0.2) is 4.39 Å². The van der Waals surface area contributed by atoms with E-state index >= 15 is 0 Å². The zero-order valence-electron chi connectivity index (χ0n) is 17.4. The number of methoxy groups -OCH3 is 1. The number of halogens is 1. The molecule has 0 radical (unpaired) electrons. The third kappa shape index (κ3) is 5.22. The summed E-state index contributed by atoms with van der Waals surface area (Å²) in [7, 11) is 1.63. The molecule has 0 fully saturated rings. The van der Waals surface area contributed by atoms with Crippen molar-refractivity contribution < 1.29 is 18.3 Å². The maximum atomic E-state index is 13.4. The van der Waals surface area contributed by atoms with Gasteiger partial charge in [0.1, 0.15) is 17.3 Å². The largest absolute Gasteiger partial charge is 0.497 e. The smallest absolute Gasteiger partial charge is 0.237 e. The normalized spacial score (nSPS) is 18.5. The maximum Gasteiger partial charge on any atom is 0.237 e. The summed E-state index contributed by atoms with van der Waals surface area (Å²) >= 11 is 0. The van der Waals surface area contributed by atoms with Crippen LogP contribution in [0.4, 0.5) is 4.39 Å². The lowest BCUT2D eigenvalue weighted by atomic mass is 10.0. The predicted octanol–water partition coefficient (Wildman–Crippen LogP) is 4.57. The van der Waals surface area contributed by atoms with Gasteiger partial charge in [0.05, 0.1) is 32.5 Å². The lowest BCUT2D eigenvalue weighted by Gasteiger charge is -2.34. The maximum absolute atomic E-state index is 13.4. The third-order valence-corrected chi connectivity index (χ3v) is 5.38. The monoisotopic (exact) mass is 420 g/mol. The molecule has 5 nitrogen and oxygen atoms in total. The molecule has 0 saturated carbocycles. The Bertz CT molecular complexity index is 1010. The fourth-order valence-corrected chi connectivity index (χ4v) is 3.75. The molecule has 0 N–H and O–H groups in total. The Balaban J connectivity index is 1.63. The second-order valence-corrected chi connectivity index (χ2v) is 7.54. The summed E-state index contributed by atoms with van der Waals surface area (Å²) in [6, 6.07) is 17.5. The van der Waals surface area contributed by atoms with Crippen molar-refractivity contribution in [2.75, 3.05) is 20.2 Å². The number of carbonyl (C=O) groups excluding carboxylic acids is 1. The van der Waals surface area contributed by atoms with E-state index in [9.17, 15) is 9.18 Å². The van der Waals surface area contributed by atoms with E-state index < -0.39 is 0 Å². The van der Waals surface area contributed by atoms with Crippen molar-refractivity contribution in [1.82, 2.24) is 9.80 Å². The average molecular weight is 420 g/mol. The van der Waals surface area contributed by atoms with Crippen LogP contribution in [-0.4, -0.2) is 35.9 Å². The summed E-state index contributed by atoms with van der Waals surface area (Å²) in [4.78, 5) is 17.3. The van der Waals surface area contributed by atoms with E-state index in [1.165, 1.54) is 12.1 Å². The first-order valence-corrected chi connectivity index (χ1v) is 10.2. The number of benzene rings is 2. The van der Waals surface area contributed by atoms with Gasteiger partial charge in [0.15, 0.2) is 0 Å². The van der Waals surface area contributed by atoms with Gasteiger partial charge in [0.25, 0.3) is 0 Å². The van der Waals surface area contributed by atoms with Gasteiger partial charge in [0.2, 0.25) is 5.91 Å². The molecule has 31 heavy (non-hydrogen) atoms. The Labute approximate surface area is 181 Å². The van der Waals surface area contributed by atoms with Crippen LogP contribution in [0.5, 0.6) is 5.75 Å². The van der Waals surface area contributed by atoms with Crippen LogP contribution in [0.2, 0.25) is 0 Å². The van der Waals surface area contributed by atoms with Gasteiger partial charge in [-0.3, -0.25) is 9.69 Å². The first-order valence-electron chi connectivity index (χ1n) is 10.2. The minimum Gasteiger partial charge on any atom is -0.497 e. The van der Waals surface area contributed by atoms with E-state index in [-0.39, 0.29) is 24.3 Å². The fraction of sp³-hybridized carbons (Fsp3) is 0.240. The van der Waals surface area contributed by atoms with Gasteiger partial charge in [-0.2, -0.15) is 0 Å². The molecule has 3 aromatic rings. The SMILES string of the molecule is COc1ccc(C2/C=C\CN(Cc3ccco3)CC(=O)N2Cc2ccc(F)cc2)cc1. The van der Waals surface area contributed by atoms with Gasteiger partial charge in [0, 0.05) is 13.1 Å².